The summed E-state index contributed by atoms with van der Waals surface area (Å²) in [4.78, 5) is 15.2. The number of nitrogens with zero attached hydrogens (tertiary/aromatic N) is 2. The first-order valence-electron chi connectivity index (χ1n) is 6.90. The minimum Gasteiger partial charge on any atom is -0.384 e. The molecule has 1 aliphatic rings. The van der Waals surface area contributed by atoms with E-state index in [0.29, 0.717) is 13.0 Å². The number of aryl methyl sites for hydroxylation is 2. The molecule has 5 heteroatoms. The number of nitrogens with two attached hydrogens (primary N) is 1. The predicted molar refractivity (Wildman–Crippen MR) is 78.3 cm³/mol. The zero-order valence-electron chi connectivity index (χ0n) is 11.3. The number of carbonyl (C=O) groups is 1. The zero-order chi connectivity index (χ0) is 13.9. The average Bonchev–Trinajstić information content (AvgIpc) is 2.92. The van der Waals surface area contributed by atoms with Gasteiger partial charge in [0, 0.05) is 30.8 Å². The van der Waals surface area contributed by atoms with Crippen LogP contribution in [0.4, 0.5) is 5.69 Å². The fourth-order valence-electron chi connectivity index (χ4n) is 2.68. The summed E-state index contributed by atoms with van der Waals surface area (Å²) in [6, 6.07) is 6.33. The van der Waals surface area contributed by atoms with Crippen molar-refractivity contribution in [2.75, 3.05) is 11.9 Å². The Hall–Kier alpha value is -2.30. The number of fused-ring (bicyclic) bond motifs is 1. The van der Waals surface area contributed by atoms with Crippen LogP contribution in [0.2, 0.25) is 0 Å². The highest BCUT2D eigenvalue weighted by atomic mass is 16.1. The molecule has 1 aromatic carbocycles. The first-order valence-corrected chi connectivity index (χ1v) is 6.90. The van der Waals surface area contributed by atoms with Crippen LogP contribution in [0.5, 0.6) is 0 Å². The monoisotopic (exact) mass is 270 g/mol. The highest BCUT2D eigenvalue weighted by Crippen LogP contribution is 2.33. The number of carbonyl (C=O) groups excluding carboxylic acids is 1. The van der Waals surface area contributed by atoms with E-state index in [9.17, 15) is 4.79 Å². The maximum atomic E-state index is 11.0. The van der Waals surface area contributed by atoms with Crippen molar-refractivity contribution < 1.29 is 4.79 Å². The third-order valence-corrected chi connectivity index (χ3v) is 3.66. The molecule has 1 amide bonds. The lowest BCUT2D eigenvalue weighted by Crippen LogP contribution is -2.15. The van der Waals surface area contributed by atoms with Crippen LogP contribution in [0.3, 0.4) is 0 Å². The Bertz CT molecular complexity index is 633. The normalized spacial score (nSPS) is 13.6. The predicted octanol–water partition coefficient (Wildman–Crippen LogP) is 1.78. The van der Waals surface area contributed by atoms with Gasteiger partial charge in [0.15, 0.2) is 0 Å². The van der Waals surface area contributed by atoms with Crippen molar-refractivity contribution in [3.05, 3.63) is 36.3 Å². The van der Waals surface area contributed by atoms with Gasteiger partial charge in [-0.1, -0.05) is 18.2 Å². The topological polar surface area (TPSA) is 72.9 Å². The molecular weight excluding hydrogens is 252 g/mol. The standard InChI is InChI=1S/C15H18N4O/c16-14(20)6-8-19-10-17-9-13(19)12-5-1-3-11-4-2-7-18-15(11)12/h1,3,5,9-10,18H,2,4,6-8H2,(H2,16,20). The van der Waals surface area contributed by atoms with E-state index in [1.807, 2.05) is 10.8 Å². The highest BCUT2D eigenvalue weighted by molar-refractivity contribution is 5.79. The highest BCUT2D eigenvalue weighted by Gasteiger charge is 2.16. The van der Waals surface area contributed by atoms with Gasteiger partial charge in [-0.3, -0.25) is 4.79 Å². The van der Waals surface area contributed by atoms with E-state index in [1.54, 1.807) is 6.33 Å². The molecule has 1 aliphatic heterocycles. The summed E-state index contributed by atoms with van der Waals surface area (Å²) in [6.45, 7) is 1.56. The van der Waals surface area contributed by atoms with Gasteiger partial charge in [0.1, 0.15) is 0 Å². The molecule has 0 bridgehead atoms. The summed E-state index contributed by atoms with van der Waals surface area (Å²) in [5, 5.41) is 3.48. The molecule has 2 aromatic rings. The van der Waals surface area contributed by atoms with Gasteiger partial charge in [0.2, 0.25) is 5.91 Å². The number of primary amides is 1. The molecule has 0 spiro atoms. The van der Waals surface area contributed by atoms with Gasteiger partial charge in [0.25, 0.3) is 0 Å². The van der Waals surface area contributed by atoms with Crippen molar-refractivity contribution in [3.8, 4) is 11.3 Å². The van der Waals surface area contributed by atoms with Crippen molar-refractivity contribution >= 4 is 11.6 Å². The molecule has 20 heavy (non-hydrogen) atoms. The van der Waals surface area contributed by atoms with E-state index in [1.165, 1.54) is 11.3 Å². The molecule has 2 heterocycles. The Balaban J connectivity index is 1.97. The molecule has 3 rings (SSSR count). The van der Waals surface area contributed by atoms with E-state index >= 15 is 0 Å². The maximum absolute atomic E-state index is 11.0. The second kappa shape index (κ2) is 5.36. The molecular formula is C15H18N4O. The molecule has 0 radical (unpaired) electrons. The SMILES string of the molecule is NC(=O)CCn1cncc1-c1cccc2c1NCCC2. The van der Waals surface area contributed by atoms with E-state index in [4.69, 9.17) is 5.73 Å². The van der Waals surface area contributed by atoms with Gasteiger partial charge in [-0.2, -0.15) is 0 Å². The van der Waals surface area contributed by atoms with Gasteiger partial charge in [-0.05, 0) is 18.4 Å². The molecule has 0 atom stereocenters. The molecule has 1 aromatic heterocycles. The van der Waals surface area contributed by atoms with Crippen LogP contribution in [0.25, 0.3) is 11.3 Å². The van der Waals surface area contributed by atoms with Gasteiger partial charge >= 0.3 is 0 Å². The summed E-state index contributed by atoms with van der Waals surface area (Å²) in [5.74, 6) is -0.294. The van der Waals surface area contributed by atoms with Crippen LogP contribution in [0.15, 0.2) is 30.7 Å². The van der Waals surface area contributed by atoms with Crippen molar-refractivity contribution in [1.82, 2.24) is 9.55 Å². The minimum absolute atomic E-state index is 0.294. The number of hydrogen-bond acceptors (Lipinski definition) is 3. The fraction of sp³-hybridized carbons (Fsp3) is 0.333. The lowest BCUT2D eigenvalue weighted by Gasteiger charge is -2.21. The molecule has 104 valence electrons. The minimum atomic E-state index is -0.294. The molecule has 0 fully saturated rings. The third kappa shape index (κ3) is 2.39. The van der Waals surface area contributed by atoms with Crippen LogP contribution < -0.4 is 11.1 Å². The molecule has 0 saturated heterocycles. The van der Waals surface area contributed by atoms with Gasteiger partial charge in [-0.15, -0.1) is 0 Å². The van der Waals surface area contributed by atoms with E-state index in [-0.39, 0.29) is 5.91 Å². The number of benzene rings is 1. The van der Waals surface area contributed by atoms with Crippen LogP contribution in [-0.2, 0) is 17.8 Å². The first-order chi connectivity index (χ1) is 9.75. The Morgan fingerprint density at radius 3 is 3.20 bits per heavy atom. The number of imidazole rings is 1. The van der Waals surface area contributed by atoms with Gasteiger partial charge in [-0.25, -0.2) is 4.98 Å². The van der Waals surface area contributed by atoms with Crippen LogP contribution in [0, 0.1) is 0 Å². The second-order valence-corrected chi connectivity index (χ2v) is 5.06. The number of hydrogen-bond donors (Lipinski definition) is 2. The molecule has 0 aliphatic carbocycles. The summed E-state index contributed by atoms with van der Waals surface area (Å²) in [7, 11) is 0. The summed E-state index contributed by atoms with van der Waals surface area (Å²) < 4.78 is 1.98. The smallest absolute Gasteiger partial charge is 0.219 e. The van der Waals surface area contributed by atoms with E-state index < -0.39 is 0 Å². The number of rotatable bonds is 4. The van der Waals surface area contributed by atoms with Crippen LogP contribution in [0.1, 0.15) is 18.4 Å². The van der Waals surface area contributed by atoms with Crippen molar-refractivity contribution in [2.45, 2.75) is 25.8 Å². The Morgan fingerprint density at radius 1 is 1.45 bits per heavy atom. The van der Waals surface area contributed by atoms with Crippen LogP contribution >= 0.6 is 0 Å². The van der Waals surface area contributed by atoms with Crippen molar-refractivity contribution in [3.63, 3.8) is 0 Å². The largest absolute Gasteiger partial charge is 0.384 e. The molecule has 5 nitrogen and oxygen atoms in total. The number of aromatic nitrogens is 2. The zero-order valence-corrected chi connectivity index (χ0v) is 11.3. The van der Waals surface area contributed by atoms with Gasteiger partial charge in [0.05, 0.1) is 18.2 Å². The first kappa shape index (κ1) is 12.7. The summed E-state index contributed by atoms with van der Waals surface area (Å²) in [6.07, 6.45) is 6.18. The Labute approximate surface area is 117 Å². The lowest BCUT2D eigenvalue weighted by molar-refractivity contribution is -0.118. The maximum Gasteiger partial charge on any atom is 0.219 e. The van der Waals surface area contributed by atoms with E-state index in [2.05, 4.69) is 28.5 Å². The summed E-state index contributed by atoms with van der Waals surface area (Å²) >= 11 is 0. The Morgan fingerprint density at radius 2 is 2.35 bits per heavy atom. The second-order valence-electron chi connectivity index (χ2n) is 5.06. The molecule has 0 unspecified atom stereocenters. The summed E-state index contributed by atoms with van der Waals surface area (Å²) in [5.41, 5.74) is 9.93. The Kier molecular flexibility index (Phi) is 3.41. The van der Waals surface area contributed by atoms with Crippen molar-refractivity contribution in [2.24, 2.45) is 5.73 Å². The van der Waals surface area contributed by atoms with Gasteiger partial charge < -0.3 is 15.6 Å². The quantitative estimate of drug-likeness (QED) is 0.889. The number of anilines is 1. The third-order valence-electron chi connectivity index (χ3n) is 3.66. The van der Waals surface area contributed by atoms with Crippen molar-refractivity contribution in [1.29, 1.82) is 0 Å². The fourth-order valence-corrected chi connectivity index (χ4v) is 2.68. The van der Waals surface area contributed by atoms with E-state index in [0.717, 1.165) is 30.6 Å². The van der Waals surface area contributed by atoms with Crippen LogP contribution in [-0.4, -0.2) is 22.0 Å². The molecule has 3 N–H and O–H groups in total. The number of amides is 1. The average molecular weight is 270 g/mol. The number of para-hydroxylation sites is 1. The number of nitrogens with one attached hydrogen (secondary N) is 1. The lowest BCUT2D eigenvalue weighted by atomic mass is 9.98. The molecule has 0 saturated carbocycles.